The maximum Gasteiger partial charge on any atom is 0.243 e. The van der Waals surface area contributed by atoms with E-state index in [9.17, 15) is 12.8 Å². The second-order valence-electron chi connectivity index (χ2n) is 5.14. The molecule has 6 nitrogen and oxygen atoms in total. The molecule has 1 aliphatic heterocycles. The molecule has 2 N–H and O–H groups in total. The van der Waals surface area contributed by atoms with Gasteiger partial charge in [-0.2, -0.15) is 0 Å². The van der Waals surface area contributed by atoms with Crippen molar-refractivity contribution in [2.75, 3.05) is 27.3 Å². The van der Waals surface area contributed by atoms with Gasteiger partial charge in [-0.1, -0.05) is 6.42 Å². The second kappa shape index (κ2) is 7.26. The first-order valence-electron chi connectivity index (χ1n) is 7.12. The van der Waals surface area contributed by atoms with E-state index < -0.39 is 20.7 Å². The number of nitrogens with one attached hydrogen (secondary N) is 2. The first-order valence-corrected chi connectivity index (χ1v) is 8.61. The summed E-state index contributed by atoms with van der Waals surface area (Å²) in [4.78, 5) is -0.444. The molecular weight excluding hydrogens is 311 g/mol. The van der Waals surface area contributed by atoms with Crippen molar-refractivity contribution >= 4 is 10.0 Å². The molecule has 1 heterocycles. The first kappa shape index (κ1) is 17.0. The van der Waals surface area contributed by atoms with Gasteiger partial charge in [0.15, 0.2) is 11.5 Å². The molecule has 1 aliphatic rings. The van der Waals surface area contributed by atoms with Gasteiger partial charge < -0.3 is 14.8 Å². The predicted octanol–water partition coefficient (Wildman–Crippen LogP) is 1.26. The Bertz CT molecular complexity index is 616. The molecule has 0 spiro atoms. The van der Waals surface area contributed by atoms with Gasteiger partial charge in [-0.15, -0.1) is 0 Å². The molecule has 1 aromatic carbocycles. The molecule has 0 saturated carbocycles. The van der Waals surface area contributed by atoms with Crippen molar-refractivity contribution in [3.63, 3.8) is 0 Å². The van der Waals surface area contributed by atoms with Crippen molar-refractivity contribution in [3.05, 3.63) is 17.9 Å². The zero-order chi connectivity index (χ0) is 16.2. The molecular formula is C14H21FN2O4S. The lowest BCUT2D eigenvalue weighted by molar-refractivity contribution is 0.350. The highest BCUT2D eigenvalue weighted by molar-refractivity contribution is 7.89. The van der Waals surface area contributed by atoms with Gasteiger partial charge in [-0.3, -0.25) is 0 Å². The monoisotopic (exact) mass is 332 g/mol. The Morgan fingerprint density at radius 3 is 2.55 bits per heavy atom. The van der Waals surface area contributed by atoms with E-state index in [4.69, 9.17) is 9.47 Å². The van der Waals surface area contributed by atoms with Crippen LogP contribution in [0, 0.1) is 5.82 Å². The van der Waals surface area contributed by atoms with E-state index in [1.54, 1.807) is 0 Å². The highest BCUT2D eigenvalue weighted by Crippen LogP contribution is 2.31. The summed E-state index contributed by atoms with van der Waals surface area (Å²) in [5, 5.41) is 3.23. The fraction of sp³-hybridized carbons (Fsp3) is 0.571. The number of ether oxygens (including phenoxy) is 2. The molecule has 2 rings (SSSR count). The molecule has 22 heavy (non-hydrogen) atoms. The highest BCUT2D eigenvalue weighted by atomic mass is 32.2. The maximum absolute atomic E-state index is 14.0. The standard InChI is InChI=1S/C14H21FN2O4S/c1-20-12-7-11(15)14(8-13(12)21-2)22(18,19)17-9-10-5-3-4-6-16-10/h7-8,10,16-17H,3-6,9H2,1-2H3. The Morgan fingerprint density at radius 2 is 1.95 bits per heavy atom. The molecule has 0 amide bonds. The number of hydrogen-bond acceptors (Lipinski definition) is 5. The van der Waals surface area contributed by atoms with Crippen LogP contribution in [0.5, 0.6) is 11.5 Å². The summed E-state index contributed by atoms with van der Waals surface area (Å²) in [6.45, 7) is 1.10. The Labute approximate surface area is 130 Å². The predicted molar refractivity (Wildman–Crippen MR) is 80.3 cm³/mol. The van der Waals surface area contributed by atoms with Gasteiger partial charge in [0.05, 0.1) is 14.2 Å². The van der Waals surface area contributed by atoms with Crippen LogP contribution in [0.4, 0.5) is 4.39 Å². The minimum atomic E-state index is -3.95. The van der Waals surface area contributed by atoms with Crippen molar-refractivity contribution in [1.82, 2.24) is 10.0 Å². The van der Waals surface area contributed by atoms with Crippen molar-refractivity contribution in [3.8, 4) is 11.5 Å². The zero-order valence-corrected chi connectivity index (χ0v) is 13.5. The number of rotatable bonds is 6. The number of halogens is 1. The number of methoxy groups -OCH3 is 2. The molecule has 0 bridgehead atoms. The minimum Gasteiger partial charge on any atom is -0.493 e. The quantitative estimate of drug-likeness (QED) is 0.820. The van der Waals surface area contributed by atoms with Crippen LogP contribution in [0.25, 0.3) is 0 Å². The Balaban J connectivity index is 2.17. The average molecular weight is 332 g/mol. The summed E-state index contributed by atoms with van der Waals surface area (Å²) in [6.07, 6.45) is 3.05. The van der Waals surface area contributed by atoms with Gasteiger partial charge in [0.25, 0.3) is 0 Å². The van der Waals surface area contributed by atoms with E-state index in [0.29, 0.717) is 0 Å². The molecule has 0 radical (unpaired) electrons. The van der Waals surface area contributed by atoms with Crippen molar-refractivity contribution in [1.29, 1.82) is 0 Å². The summed E-state index contributed by atoms with van der Waals surface area (Å²) >= 11 is 0. The molecule has 1 saturated heterocycles. The number of benzene rings is 1. The van der Waals surface area contributed by atoms with Crippen LogP contribution in [0.1, 0.15) is 19.3 Å². The summed E-state index contributed by atoms with van der Waals surface area (Å²) in [5.74, 6) is -0.560. The van der Waals surface area contributed by atoms with E-state index >= 15 is 0 Å². The van der Waals surface area contributed by atoms with Gasteiger partial charge >= 0.3 is 0 Å². The van der Waals surface area contributed by atoms with Crippen molar-refractivity contribution < 1.29 is 22.3 Å². The molecule has 1 unspecified atom stereocenters. The minimum absolute atomic E-state index is 0.0757. The molecule has 124 valence electrons. The smallest absolute Gasteiger partial charge is 0.243 e. The van der Waals surface area contributed by atoms with E-state index in [1.165, 1.54) is 14.2 Å². The Kier molecular flexibility index (Phi) is 5.60. The van der Waals surface area contributed by atoms with Crippen LogP contribution in [-0.2, 0) is 10.0 Å². The van der Waals surface area contributed by atoms with E-state index in [0.717, 1.165) is 37.9 Å². The molecule has 1 aromatic rings. The molecule has 0 aliphatic carbocycles. The van der Waals surface area contributed by atoms with Crippen LogP contribution in [0.2, 0.25) is 0 Å². The molecule has 0 aromatic heterocycles. The molecule has 1 atom stereocenters. The second-order valence-corrected chi connectivity index (χ2v) is 6.87. The van der Waals surface area contributed by atoms with Crippen LogP contribution in [0.15, 0.2) is 17.0 Å². The fourth-order valence-electron chi connectivity index (χ4n) is 2.43. The van der Waals surface area contributed by atoms with Crippen LogP contribution in [-0.4, -0.2) is 41.8 Å². The highest BCUT2D eigenvalue weighted by Gasteiger charge is 2.24. The molecule has 1 fully saturated rings. The van der Waals surface area contributed by atoms with E-state index in [2.05, 4.69) is 10.0 Å². The van der Waals surface area contributed by atoms with Crippen molar-refractivity contribution in [2.24, 2.45) is 0 Å². The zero-order valence-electron chi connectivity index (χ0n) is 12.7. The van der Waals surface area contributed by atoms with E-state index in [1.807, 2.05) is 0 Å². The third-order valence-corrected chi connectivity index (χ3v) is 5.10. The third-order valence-electron chi connectivity index (χ3n) is 3.66. The molecule has 8 heteroatoms. The Hall–Kier alpha value is -1.38. The Morgan fingerprint density at radius 1 is 1.27 bits per heavy atom. The summed E-state index contributed by atoms with van der Waals surface area (Å²) in [5.41, 5.74) is 0. The number of hydrogen-bond donors (Lipinski definition) is 2. The van der Waals surface area contributed by atoms with Gasteiger partial charge in [-0.25, -0.2) is 17.5 Å². The first-order chi connectivity index (χ1) is 10.5. The topological polar surface area (TPSA) is 76.7 Å². The van der Waals surface area contributed by atoms with Gasteiger partial charge in [0.1, 0.15) is 10.7 Å². The maximum atomic E-state index is 14.0. The van der Waals surface area contributed by atoms with Gasteiger partial charge in [0, 0.05) is 24.7 Å². The lowest BCUT2D eigenvalue weighted by atomic mass is 10.1. The van der Waals surface area contributed by atoms with Crippen molar-refractivity contribution in [2.45, 2.75) is 30.2 Å². The normalized spacial score (nSPS) is 19.0. The SMILES string of the molecule is COc1cc(F)c(S(=O)(=O)NCC2CCCCN2)cc1OC. The number of piperidine rings is 1. The lowest BCUT2D eigenvalue weighted by Crippen LogP contribution is -2.43. The third kappa shape index (κ3) is 3.88. The fourth-order valence-corrected chi connectivity index (χ4v) is 3.58. The average Bonchev–Trinajstić information content (AvgIpc) is 2.53. The van der Waals surface area contributed by atoms with Crippen LogP contribution in [0.3, 0.4) is 0 Å². The number of sulfonamides is 1. The van der Waals surface area contributed by atoms with E-state index in [-0.39, 0.29) is 24.1 Å². The van der Waals surface area contributed by atoms with Crippen LogP contribution >= 0.6 is 0 Å². The summed E-state index contributed by atoms with van der Waals surface area (Å²) in [7, 11) is -1.22. The largest absolute Gasteiger partial charge is 0.493 e. The van der Waals surface area contributed by atoms with Gasteiger partial charge in [0.2, 0.25) is 10.0 Å². The summed E-state index contributed by atoms with van der Waals surface area (Å²) < 4.78 is 51.0. The van der Waals surface area contributed by atoms with Crippen LogP contribution < -0.4 is 19.5 Å². The lowest BCUT2D eigenvalue weighted by Gasteiger charge is -2.23. The van der Waals surface area contributed by atoms with Gasteiger partial charge in [-0.05, 0) is 19.4 Å². The summed E-state index contributed by atoms with van der Waals surface area (Å²) in [6, 6.07) is 2.21.